The van der Waals surface area contributed by atoms with E-state index in [0.717, 1.165) is 20.7 Å². The highest BCUT2D eigenvalue weighted by Crippen LogP contribution is 2.46. The van der Waals surface area contributed by atoms with Crippen molar-refractivity contribution in [1.29, 1.82) is 0 Å². The van der Waals surface area contributed by atoms with Crippen molar-refractivity contribution in [1.82, 2.24) is 20.2 Å². The number of benzene rings is 2. The first-order chi connectivity index (χ1) is 21.6. The zero-order valence-electron chi connectivity index (χ0n) is 23.8. The van der Waals surface area contributed by atoms with Gasteiger partial charge in [0.05, 0.1) is 41.6 Å². The molecule has 0 aliphatic carbocycles. The second-order valence-electron chi connectivity index (χ2n) is 10.3. The normalized spacial score (nSPS) is 17.5. The quantitative estimate of drug-likeness (QED) is 0.172. The van der Waals surface area contributed by atoms with Crippen molar-refractivity contribution < 1.29 is 68.3 Å². The fourth-order valence-electron chi connectivity index (χ4n) is 5.12. The van der Waals surface area contributed by atoms with Gasteiger partial charge in [0.2, 0.25) is 0 Å². The third-order valence-corrected chi connectivity index (χ3v) is 7.66. The number of aromatic nitrogens is 4. The maximum absolute atomic E-state index is 13.8. The lowest BCUT2D eigenvalue weighted by Gasteiger charge is -2.43. The fraction of sp³-hybridized carbons (Fsp3) is 0.440. The van der Waals surface area contributed by atoms with Gasteiger partial charge in [-0.3, -0.25) is 9.42 Å². The summed E-state index contributed by atoms with van der Waals surface area (Å²) in [7, 11) is -4.93. The number of alkyl halides is 9. The van der Waals surface area contributed by atoms with E-state index in [-0.39, 0.29) is 30.2 Å². The van der Waals surface area contributed by atoms with Crippen LogP contribution in [0.2, 0.25) is 0 Å². The van der Waals surface area contributed by atoms with E-state index in [1.54, 1.807) is 6.92 Å². The summed E-state index contributed by atoms with van der Waals surface area (Å²) in [5, 5.41) is 21.3. The molecular weight excluding hydrogens is 682 g/mol. The third kappa shape index (κ3) is 8.51. The molecule has 22 heteroatoms. The van der Waals surface area contributed by atoms with Crippen molar-refractivity contribution in [2.45, 2.75) is 63.5 Å². The lowest BCUT2D eigenvalue weighted by Crippen LogP contribution is -2.47. The molecule has 0 bridgehead atoms. The number of carbonyl (C=O) groups is 1. The number of nitrogens with zero attached hydrogens (tertiary/aromatic N) is 6. The molecule has 12 nitrogen and oxygen atoms in total. The summed E-state index contributed by atoms with van der Waals surface area (Å²) in [6.45, 7) is -0.427. The van der Waals surface area contributed by atoms with Crippen LogP contribution in [0.15, 0.2) is 36.4 Å². The van der Waals surface area contributed by atoms with Gasteiger partial charge >= 0.3 is 32.4 Å². The molecule has 47 heavy (non-hydrogen) atoms. The number of tetrazole rings is 1. The van der Waals surface area contributed by atoms with Gasteiger partial charge < -0.3 is 19.8 Å². The molecule has 1 aromatic heterocycles. The number of halogens is 9. The number of anilines is 2. The molecule has 0 fully saturated rings. The molecule has 0 spiro atoms. The van der Waals surface area contributed by atoms with Crippen molar-refractivity contribution in [3.8, 4) is 0 Å². The zero-order valence-corrected chi connectivity index (χ0v) is 24.6. The summed E-state index contributed by atoms with van der Waals surface area (Å²) in [5.74, 6) is -0.515. The van der Waals surface area contributed by atoms with Gasteiger partial charge in [-0.25, -0.2) is 9.36 Å². The minimum atomic E-state index is -5.23. The number of fused-ring (bicyclic) bond motifs is 1. The number of amides is 1. The van der Waals surface area contributed by atoms with Crippen LogP contribution in [0.3, 0.4) is 0 Å². The predicted octanol–water partition coefficient (Wildman–Crippen LogP) is 6.25. The molecule has 0 saturated carbocycles. The van der Waals surface area contributed by atoms with Gasteiger partial charge in [0.1, 0.15) is 0 Å². The fourth-order valence-corrected chi connectivity index (χ4v) is 5.44. The van der Waals surface area contributed by atoms with Gasteiger partial charge in [-0.1, -0.05) is 12.0 Å². The molecule has 258 valence electrons. The number of carboxylic acid groups (broad SMARTS) is 1. The van der Waals surface area contributed by atoms with Crippen LogP contribution in [-0.2, 0) is 40.7 Å². The van der Waals surface area contributed by atoms with Crippen LogP contribution >= 0.6 is 7.82 Å². The average Bonchev–Trinajstić information content (AvgIpc) is 3.41. The maximum Gasteiger partial charge on any atom is 0.469 e. The van der Waals surface area contributed by atoms with Crippen molar-refractivity contribution in [2.24, 2.45) is 0 Å². The molecule has 0 saturated heterocycles. The molecule has 2 aromatic carbocycles. The van der Waals surface area contributed by atoms with E-state index >= 15 is 0 Å². The molecular formula is C25H24F9N6O6P. The van der Waals surface area contributed by atoms with E-state index in [2.05, 4.69) is 19.9 Å². The van der Waals surface area contributed by atoms with Gasteiger partial charge in [0, 0.05) is 12.6 Å². The number of hydrogen-bond donors (Lipinski definition) is 3. The Morgan fingerprint density at radius 2 is 1.57 bits per heavy atom. The lowest BCUT2D eigenvalue weighted by atomic mass is 9.87. The Morgan fingerprint density at radius 3 is 2.09 bits per heavy atom. The second kappa shape index (κ2) is 12.9. The molecule has 4 rings (SSSR count). The first-order valence-corrected chi connectivity index (χ1v) is 14.9. The minimum absolute atomic E-state index is 0.0959. The lowest BCUT2D eigenvalue weighted by molar-refractivity contribution is -0.143. The van der Waals surface area contributed by atoms with Crippen LogP contribution < -0.4 is 9.80 Å². The summed E-state index contributed by atoms with van der Waals surface area (Å²) < 4.78 is 139. The molecule has 1 aliphatic heterocycles. The van der Waals surface area contributed by atoms with E-state index < -0.39 is 92.4 Å². The highest BCUT2D eigenvalue weighted by atomic mass is 31.2. The number of phosphoric ester groups is 1. The Hall–Kier alpha value is -3.94. The Balaban J connectivity index is 1.91. The topological polar surface area (TPSA) is 154 Å². The Kier molecular flexibility index (Phi) is 9.88. The predicted molar refractivity (Wildman–Crippen MR) is 142 cm³/mol. The number of rotatable bonds is 9. The van der Waals surface area contributed by atoms with Crippen LogP contribution in [-0.4, -0.2) is 53.8 Å². The molecule has 3 aromatic rings. The number of phosphoric acid groups is 1. The van der Waals surface area contributed by atoms with Gasteiger partial charge in [0.25, 0.3) is 5.95 Å². The van der Waals surface area contributed by atoms with Crippen LogP contribution in [0.25, 0.3) is 0 Å². The van der Waals surface area contributed by atoms with Gasteiger partial charge in [-0.2, -0.15) is 44.3 Å². The highest BCUT2D eigenvalue weighted by molar-refractivity contribution is 7.46. The van der Waals surface area contributed by atoms with Crippen LogP contribution in [0.5, 0.6) is 0 Å². The SMILES string of the molecule is CCC1CC(N(Cc2cc(C(F)(F)F)cc(C(F)(F)F)c2)c2nnn(CCOP(=O)(O)O)n2)c2cc(C(F)(F)F)ccc2N1C(=O)O. The maximum atomic E-state index is 13.8. The summed E-state index contributed by atoms with van der Waals surface area (Å²) in [4.78, 5) is 32.5. The Labute approximate surface area is 258 Å². The molecule has 2 heterocycles. The minimum Gasteiger partial charge on any atom is -0.465 e. The van der Waals surface area contributed by atoms with E-state index in [0.29, 0.717) is 24.3 Å². The first-order valence-electron chi connectivity index (χ1n) is 13.3. The molecule has 0 radical (unpaired) electrons. The molecule has 2 atom stereocenters. The summed E-state index contributed by atoms with van der Waals surface area (Å²) in [5.41, 5.74) is -5.67. The summed E-state index contributed by atoms with van der Waals surface area (Å²) in [6.07, 6.45) is -17.1. The van der Waals surface area contributed by atoms with Crippen LogP contribution in [0.1, 0.15) is 53.6 Å². The van der Waals surface area contributed by atoms with Gasteiger partial charge in [-0.05, 0) is 65.6 Å². The van der Waals surface area contributed by atoms with E-state index in [9.17, 15) is 54.0 Å². The van der Waals surface area contributed by atoms with Crippen molar-refractivity contribution in [2.75, 3.05) is 16.4 Å². The van der Waals surface area contributed by atoms with Crippen molar-refractivity contribution in [3.63, 3.8) is 0 Å². The van der Waals surface area contributed by atoms with E-state index in [4.69, 9.17) is 9.79 Å². The average molecular weight is 706 g/mol. The van der Waals surface area contributed by atoms with Crippen molar-refractivity contribution >= 4 is 25.6 Å². The molecule has 1 aliphatic rings. The van der Waals surface area contributed by atoms with Crippen LogP contribution in [0.4, 0.5) is 55.9 Å². The zero-order chi connectivity index (χ0) is 35.1. The molecule has 3 N–H and O–H groups in total. The summed E-state index contributed by atoms with van der Waals surface area (Å²) >= 11 is 0. The first kappa shape index (κ1) is 35.9. The Morgan fingerprint density at radius 1 is 0.979 bits per heavy atom. The standard InChI is InChI=1S/C25H24F9N6O6P/c1-2-17-11-20(18-10-14(23(26,27)28)3-4-19(18)40(17)22(41)42)38(21-35-37-39(36-21)5-6-46-47(43,44)45)12-13-7-15(24(29,30)31)9-16(8-13)25(32,33)34/h3-4,7-10,17,20H,2,5-6,11-12H2,1H3,(H,41,42)(H2,43,44,45). The largest absolute Gasteiger partial charge is 0.469 e. The molecule has 2 unspecified atom stereocenters. The second-order valence-corrected chi connectivity index (χ2v) is 11.5. The van der Waals surface area contributed by atoms with Crippen LogP contribution in [0, 0.1) is 0 Å². The van der Waals surface area contributed by atoms with E-state index in [1.165, 1.54) is 0 Å². The smallest absolute Gasteiger partial charge is 0.465 e. The Bertz CT molecular complexity index is 1630. The highest BCUT2D eigenvalue weighted by Gasteiger charge is 2.42. The van der Waals surface area contributed by atoms with Gasteiger partial charge in [-0.15, -0.1) is 5.10 Å². The van der Waals surface area contributed by atoms with Crippen molar-refractivity contribution in [3.05, 3.63) is 64.2 Å². The summed E-state index contributed by atoms with van der Waals surface area (Å²) in [6, 6.07) is 0.590. The number of hydrogen-bond acceptors (Lipinski definition) is 7. The third-order valence-electron chi connectivity index (χ3n) is 7.14. The van der Waals surface area contributed by atoms with E-state index in [1.807, 2.05) is 0 Å². The molecule has 1 amide bonds. The monoisotopic (exact) mass is 706 g/mol. The van der Waals surface area contributed by atoms with Gasteiger partial charge in [0.15, 0.2) is 0 Å².